The lowest BCUT2D eigenvalue weighted by molar-refractivity contribution is -0.717. The van der Waals surface area contributed by atoms with Crippen molar-refractivity contribution in [2.45, 2.75) is 26.0 Å². The summed E-state index contributed by atoms with van der Waals surface area (Å²) in [7, 11) is 1.43. The largest absolute Gasteiger partial charge is 0.497 e. The zero-order chi connectivity index (χ0) is 17.8. The molecular formula is C21H21N2O3+. The molecule has 3 aromatic rings. The second-order valence-corrected chi connectivity index (χ2v) is 7.25. The average molecular weight is 349 g/mol. The van der Waals surface area contributed by atoms with Crippen LogP contribution in [0.25, 0.3) is 21.8 Å². The Balaban J connectivity index is 1.68. The number of rotatable bonds is 1. The molecule has 5 rings (SSSR count). The first kappa shape index (κ1) is 15.4. The number of hydrogen-bond acceptors (Lipinski definition) is 3. The number of hydrogen-bond donors (Lipinski definition) is 1. The number of aromatic nitrogens is 2. The second kappa shape index (κ2) is 5.59. The second-order valence-electron chi connectivity index (χ2n) is 7.25. The summed E-state index contributed by atoms with van der Waals surface area (Å²) in [5.74, 6) is 0.0841. The van der Waals surface area contributed by atoms with E-state index in [0.717, 1.165) is 24.0 Å². The minimum absolute atomic E-state index is 0.0764. The number of ether oxygens (including phenoxy) is 2. The van der Waals surface area contributed by atoms with Gasteiger partial charge in [0.2, 0.25) is 5.69 Å². The zero-order valence-corrected chi connectivity index (χ0v) is 14.9. The molecule has 4 heterocycles. The predicted octanol–water partition coefficient (Wildman–Crippen LogP) is 2.87. The SMILES string of the molecule is COC(=O)C1=COC(C)[C@@H]2C[n+]3ccc4c([nH]c5ccccc54)c3CC12. The fourth-order valence-electron chi connectivity index (χ4n) is 4.57. The Kier molecular flexibility index (Phi) is 3.32. The van der Waals surface area contributed by atoms with Crippen molar-refractivity contribution < 1.29 is 18.8 Å². The quantitative estimate of drug-likeness (QED) is 0.543. The Labute approximate surface area is 151 Å². The van der Waals surface area contributed by atoms with Crippen LogP contribution in [-0.2, 0) is 27.2 Å². The van der Waals surface area contributed by atoms with Gasteiger partial charge in [-0.1, -0.05) is 18.2 Å². The van der Waals surface area contributed by atoms with E-state index in [0.29, 0.717) is 5.57 Å². The first-order valence-corrected chi connectivity index (χ1v) is 9.03. The molecule has 0 saturated heterocycles. The van der Waals surface area contributed by atoms with E-state index in [4.69, 9.17) is 9.47 Å². The van der Waals surface area contributed by atoms with E-state index < -0.39 is 0 Å². The lowest BCUT2D eigenvalue weighted by atomic mass is 9.76. The van der Waals surface area contributed by atoms with Gasteiger partial charge in [-0.05, 0) is 13.0 Å². The number of esters is 1. The van der Waals surface area contributed by atoms with E-state index in [1.165, 1.54) is 23.6 Å². The number of aromatic amines is 1. The van der Waals surface area contributed by atoms with Crippen molar-refractivity contribution in [2.75, 3.05) is 7.11 Å². The van der Waals surface area contributed by atoms with E-state index in [9.17, 15) is 4.79 Å². The molecule has 2 unspecified atom stereocenters. The highest BCUT2D eigenvalue weighted by Crippen LogP contribution is 2.38. The van der Waals surface area contributed by atoms with Crippen LogP contribution in [0.2, 0.25) is 0 Å². The van der Waals surface area contributed by atoms with Gasteiger partial charge in [-0.2, -0.15) is 0 Å². The van der Waals surface area contributed by atoms with Crippen LogP contribution in [0.15, 0.2) is 48.4 Å². The summed E-state index contributed by atoms with van der Waals surface area (Å²) >= 11 is 0. The highest BCUT2D eigenvalue weighted by molar-refractivity contribution is 6.07. The number of methoxy groups -OCH3 is 1. The molecule has 1 aromatic carbocycles. The summed E-state index contributed by atoms with van der Waals surface area (Å²) in [6.07, 6.45) is 4.64. The molecule has 1 N–H and O–H groups in total. The number of nitrogens with zero attached hydrogens (tertiary/aromatic N) is 1. The van der Waals surface area contributed by atoms with Gasteiger partial charge in [0.25, 0.3) is 0 Å². The molecule has 0 aliphatic carbocycles. The summed E-state index contributed by atoms with van der Waals surface area (Å²) in [4.78, 5) is 15.8. The van der Waals surface area contributed by atoms with Crippen LogP contribution in [-0.4, -0.2) is 24.2 Å². The van der Waals surface area contributed by atoms with Crippen LogP contribution < -0.4 is 4.57 Å². The minimum Gasteiger partial charge on any atom is -0.497 e. The monoisotopic (exact) mass is 349 g/mol. The van der Waals surface area contributed by atoms with Crippen molar-refractivity contribution in [1.82, 2.24) is 4.98 Å². The van der Waals surface area contributed by atoms with Crippen LogP contribution in [0.1, 0.15) is 12.6 Å². The third kappa shape index (κ3) is 2.09. The fraction of sp³-hybridized carbons (Fsp3) is 0.333. The molecule has 0 bridgehead atoms. The van der Waals surface area contributed by atoms with E-state index in [1.54, 1.807) is 6.26 Å². The van der Waals surface area contributed by atoms with Crippen LogP contribution in [0, 0.1) is 11.8 Å². The van der Waals surface area contributed by atoms with Crippen molar-refractivity contribution in [2.24, 2.45) is 11.8 Å². The van der Waals surface area contributed by atoms with Gasteiger partial charge in [0.1, 0.15) is 11.6 Å². The number of pyridine rings is 1. The third-order valence-electron chi connectivity index (χ3n) is 5.97. The van der Waals surface area contributed by atoms with E-state index in [-0.39, 0.29) is 23.9 Å². The summed E-state index contributed by atoms with van der Waals surface area (Å²) in [6, 6.07) is 10.5. The van der Waals surface area contributed by atoms with Gasteiger partial charge < -0.3 is 14.5 Å². The Hall–Kier alpha value is -2.82. The zero-order valence-electron chi connectivity index (χ0n) is 14.9. The summed E-state index contributed by atoms with van der Waals surface area (Å²) in [5.41, 5.74) is 4.19. The van der Waals surface area contributed by atoms with E-state index in [1.807, 2.05) is 6.07 Å². The van der Waals surface area contributed by atoms with Gasteiger partial charge in [0.15, 0.2) is 12.7 Å². The highest BCUT2D eigenvalue weighted by atomic mass is 16.5. The summed E-state index contributed by atoms with van der Waals surface area (Å²) in [5, 5.41) is 2.46. The standard InChI is InChI=1S/C21H20N2O3/c1-12-16-10-23-8-7-14-13-5-3-4-6-18(13)22-20(14)19(23)9-15(16)17(11-26-12)21(24)25-2/h3-8,11-12,15-16H,9-10H2,1-2H3/p+1/t12?,15?,16-/m0/s1. The Morgan fingerprint density at radius 3 is 2.96 bits per heavy atom. The molecule has 132 valence electrons. The number of fused-ring (bicyclic) bond motifs is 6. The fourth-order valence-corrected chi connectivity index (χ4v) is 4.57. The lowest BCUT2D eigenvalue weighted by Gasteiger charge is -2.36. The molecule has 2 aliphatic rings. The smallest absolute Gasteiger partial charge is 0.337 e. The molecule has 5 heteroatoms. The van der Waals surface area contributed by atoms with Crippen molar-refractivity contribution in [3.63, 3.8) is 0 Å². The molecule has 0 radical (unpaired) electrons. The van der Waals surface area contributed by atoms with Gasteiger partial charge in [0.05, 0.1) is 24.9 Å². The number of carbonyl (C=O) groups is 1. The third-order valence-corrected chi connectivity index (χ3v) is 5.97. The maximum atomic E-state index is 12.3. The molecule has 0 saturated carbocycles. The van der Waals surface area contributed by atoms with Gasteiger partial charge in [-0.15, -0.1) is 0 Å². The van der Waals surface area contributed by atoms with Crippen molar-refractivity contribution in [1.29, 1.82) is 0 Å². The first-order valence-electron chi connectivity index (χ1n) is 9.03. The Bertz CT molecular complexity index is 1070. The van der Waals surface area contributed by atoms with Crippen molar-refractivity contribution in [3.8, 4) is 0 Å². The number of carbonyl (C=O) groups excluding carboxylic acids is 1. The summed E-state index contributed by atoms with van der Waals surface area (Å²) < 4.78 is 13.0. The van der Waals surface area contributed by atoms with Crippen LogP contribution in [0.4, 0.5) is 0 Å². The molecule has 26 heavy (non-hydrogen) atoms. The Morgan fingerprint density at radius 1 is 1.27 bits per heavy atom. The first-order chi connectivity index (χ1) is 12.7. The highest BCUT2D eigenvalue weighted by Gasteiger charge is 2.45. The average Bonchev–Trinajstić information content (AvgIpc) is 3.06. The number of H-pyrrole nitrogens is 1. The normalized spacial score (nSPS) is 24.5. The molecular weight excluding hydrogens is 328 g/mol. The van der Waals surface area contributed by atoms with Crippen LogP contribution >= 0.6 is 0 Å². The van der Waals surface area contributed by atoms with Crippen LogP contribution in [0.3, 0.4) is 0 Å². The molecule has 5 nitrogen and oxygen atoms in total. The van der Waals surface area contributed by atoms with Crippen LogP contribution in [0.5, 0.6) is 0 Å². The topological polar surface area (TPSA) is 55.2 Å². The predicted molar refractivity (Wildman–Crippen MR) is 97.3 cm³/mol. The van der Waals surface area contributed by atoms with Gasteiger partial charge in [0, 0.05) is 34.7 Å². The van der Waals surface area contributed by atoms with Crippen molar-refractivity contribution in [3.05, 3.63) is 54.1 Å². The number of nitrogens with one attached hydrogen (secondary N) is 1. The van der Waals surface area contributed by atoms with Crippen molar-refractivity contribution >= 4 is 27.8 Å². The van der Waals surface area contributed by atoms with Gasteiger partial charge >= 0.3 is 5.97 Å². The van der Waals surface area contributed by atoms with Gasteiger partial charge in [-0.3, -0.25) is 0 Å². The molecule has 0 spiro atoms. The number of para-hydroxylation sites is 1. The number of benzene rings is 1. The molecule has 2 aliphatic heterocycles. The van der Waals surface area contributed by atoms with Gasteiger partial charge in [-0.25, -0.2) is 9.36 Å². The van der Waals surface area contributed by atoms with E-state index >= 15 is 0 Å². The minimum atomic E-state index is -0.288. The lowest BCUT2D eigenvalue weighted by Crippen LogP contribution is -2.53. The molecule has 3 atom stereocenters. The van der Waals surface area contributed by atoms with E-state index in [2.05, 4.69) is 46.9 Å². The molecule has 0 amide bonds. The maximum Gasteiger partial charge on any atom is 0.337 e. The maximum absolute atomic E-state index is 12.3. The Morgan fingerprint density at radius 2 is 2.12 bits per heavy atom. The molecule has 0 fully saturated rings. The summed E-state index contributed by atoms with van der Waals surface area (Å²) in [6.45, 7) is 2.91. The molecule has 2 aromatic heterocycles.